The van der Waals surface area contributed by atoms with Crippen molar-refractivity contribution in [2.45, 2.75) is 36.8 Å². The first kappa shape index (κ1) is 11.4. The van der Waals surface area contributed by atoms with Crippen molar-refractivity contribution in [3.05, 3.63) is 0 Å². The van der Waals surface area contributed by atoms with Crippen LogP contribution in [0.3, 0.4) is 0 Å². The minimum Gasteiger partial charge on any atom is -0.479 e. The van der Waals surface area contributed by atoms with Crippen LogP contribution in [0.15, 0.2) is 0 Å². The third-order valence-corrected chi connectivity index (χ3v) is 2.65. The zero-order chi connectivity index (χ0) is 10.9. The molecule has 1 fully saturated rings. The molecule has 0 spiro atoms. The lowest BCUT2D eigenvalue weighted by Gasteiger charge is -2.39. The summed E-state index contributed by atoms with van der Waals surface area (Å²) >= 11 is 0. The molecule has 1 aliphatic carbocycles. The van der Waals surface area contributed by atoms with Gasteiger partial charge < -0.3 is 25.2 Å². The van der Waals surface area contributed by atoms with Crippen LogP contribution in [-0.2, 0) is 9.53 Å². The van der Waals surface area contributed by atoms with E-state index in [1.54, 1.807) is 0 Å². The number of rotatable bonds is 2. The summed E-state index contributed by atoms with van der Waals surface area (Å²) < 4.78 is 4.80. The quantitative estimate of drug-likeness (QED) is 0.430. The molecule has 1 aliphatic rings. The zero-order valence-corrected chi connectivity index (χ0v) is 7.75. The highest BCUT2D eigenvalue weighted by Crippen LogP contribution is 2.32. The molecule has 0 aliphatic heterocycles. The Balaban J connectivity index is 2.86. The van der Waals surface area contributed by atoms with Gasteiger partial charge in [0.05, 0.1) is 12.2 Å². The Morgan fingerprint density at radius 3 is 2.00 bits per heavy atom. The first-order valence-electron chi connectivity index (χ1n) is 4.25. The maximum Gasteiger partial charge on any atom is 0.336 e. The normalized spacial score (nSPS) is 43.6. The van der Waals surface area contributed by atoms with Gasteiger partial charge in [-0.3, -0.25) is 0 Å². The van der Waals surface area contributed by atoms with Crippen LogP contribution in [-0.4, -0.2) is 57.4 Å². The zero-order valence-electron chi connectivity index (χ0n) is 7.75. The summed E-state index contributed by atoms with van der Waals surface area (Å²) in [5.74, 6) is -1.25. The molecule has 0 amide bonds. The van der Waals surface area contributed by atoms with Crippen molar-refractivity contribution in [1.82, 2.24) is 0 Å². The van der Waals surface area contributed by atoms with Crippen LogP contribution in [0.25, 0.3) is 0 Å². The number of aliphatic hydroxyl groups excluding tert-OH is 3. The number of hydrogen-bond acceptors (Lipinski definition) is 5. The van der Waals surface area contributed by atoms with Gasteiger partial charge in [-0.15, -0.1) is 0 Å². The summed E-state index contributed by atoms with van der Waals surface area (Å²) in [6.07, 6.45) is -4.32. The van der Waals surface area contributed by atoms with E-state index in [4.69, 9.17) is 9.84 Å². The monoisotopic (exact) mass is 206 g/mol. The second-order valence-electron chi connectivity index (χ2n) is 3.54. The average molecular weight is 206 g/mol. The van der Waals surface area contributed by atoms with Crippen LogP contribution in [0.5, 0.6) is 0 Å². The number of aliphatic carboxylic acids is 1. The lowest BCUT2D eigenvalue weighted by Crippen LogP contribution is -2.56. The smallest absolute Gasteiger partial charge is 0.336 e. The Hall–Kier alpha value is -0.690. The van der Waals surface area contributed by atoms with Gasteiger partial charge in [-0.2, -0.15) is 0 Å². The second-order valence-corrected chi connectivity index (χ2v) is 3.54. The highest BCUT2D eigenvalue weighted by molar-refractivity contribution is 5.77. The number of carboxylic acids is 1. The second kappa shape index (κ2) is 3.82. The topological polar surface area (TPSA) is 107 Å². The van der Waals surface area contributed by atoms with Gasteiger partial charge in [0.2, 0.25) is 0 Å². The van der Waals surface area contributed by atoms with Crippen LogP contribution >= 0.6 is 0 Å². The number of aliphatic hydroxyl groups is 3. The van der Waals surface area contributed by atoms with Crippen LogP contribution < -0.4 is 0 Å². The van der Waals surface area contributed by atoms with Crippen LogP contribution in [0.1, 0.15) is 12.8 Å². The Labute approximate surface area is 80.7 Å². The molecule has 0 saturated heterocycles. The van der Waals surface area contributed by atoms with Crippen molar-refractivity contribution in [3.63, 3.8) is 0 Å². The van der Waals surface area contributed by atoms with E-state index in [1.165, 1.54) is 7.11 Å². The average Bonchev–Trinajstić information content (AvgIpc) is 2.13. The Kier molecular flexibility index (Phi) is 3.10. The third-order valence-electron chi connectivity index (χ3n) is 2.65. The highest BCUT2D eigenvalue weighted by atomic mass is 16.5. The predicted octanol–water partition coefficient (Wildman–Crippen LogP) is -1.67. The fourth-order valence-corrected chi connectivity index (χ4v) is 1.69. The third kappa shape index (κ3) is 1.74. The molecule has 0 radical (unpaired) electrons. The van der Waals surface area contributed by atoms with Gasteiger partial charge in [0, 0.05) is 20.0 Å². The van der Waals surface area contributed by atoms with Crippen molar-refractivity contribution < 1.29 is 30.0 Å². The maximum atomic E-state index is 10.9. The number of ether oxygens (including phenoxy) is 1. The molecule has 2 atom stereocenters. The van der Waals surface area contributed by atoms with E-state index in [-0.39, 0.29) is 12.8 Å². The standard InChI is InChI=1S/C8H14O6/c1-14-8(7(12)13)2-4(9)6(11)5(10)3-8/h4-6,9-11H,2-3H2,1H3,(H,12,13)/t4-,5-,6-,8+/m1/s1. The molecule has 6 nitrogen and oxygen atoms in total. The summed E-state index contributed by atoms with van der Waals surface area (Å²) in [5.41, 5.74) is -1.60. The highest BCUT2D eigenvalue weighted by Gasteiger charge is 2.50. The minimum absolute atomic E-state index is 0.225. The van der Waals surface area contributed by atoms with Crippen LogP contribution in [0.4, 0.5) is 0 Å². The summed E-state index contributed by atoms with van der Waals surface area (Å²) in [5, 5.41) is 36.7. The molecular weight excluding hydrogens is 192 g/mol. The summed E-state index contributed by atoms with van der Waals surface area (Å²) in [6, 6.07) is 0. The summed E-state index contributed by atoms with van der Waals surface area (Å²) in [6.45, 7) is 0. The van der Waals surface area contributed by atoms with Gasteiger partial charge in [-0.1, -0.05) is 0 Å². The van der Waals surface area contributed by atoms with Crippen molar-refractivity contribution in [2.24, 2.45) is 0 Å². The van der Waals surface area contributed by atoms with Crippen LogP contribution in [0, 0.1) is 0 Å². The number of methoxy groups -OCH3 is 1. The number of carbonyl (C=O) groups is 1. The predicted molar refractivity (Wildman–Crippen MR) is 44.6 cm³/mol. The SMILES string of the molecule is CO[C@]1(C(=O)O)C[C@@H](O)[C@H](O)[C@H](O)C1. The van der Waals surface area contributed by atoms with Crippen molar-refractivity contribution in [2.75, 3.05) is 7.11 Å². The molecule has 1 saturated carbocycles. The molecule has 0 heterocycles. The van der Waals surface area contributed by atoms with E-state index in [9.17, 15) is 20.1 Å². The lowest BCUT2D eigenvalue weighted by atomic mass is 9.79. The minimum atomic E-state index is -1.60. The van der Waals surface area contributed by atoms with Gasteiger partial charge in [-0.05, 0) is 0 Å². The van der Waals surface area contributed by atoms with Gasteiger partial charge in [0.15, 0.2) is 5.60 Å². The molecule has 0 unspecified atom stereocenters. The number of hydrogen-bond donors (Lipinski definition) is 4. The molecule has 14 heavy (non-hydrogen) atoms. The van der Waals surface area contributed by atoms with Crippen molar-refractivity contribution in [3.8, 4) is 0 Å². The van der Waals surface area contributed by atoms with E-state index in [2.05, 4.69) is 0 Å². The molecular formula is C8H14O6. The fourth-order valence-electron chi connectivity index (χ4n) is 1.69. The molecule has 0 aromatic heterocycles. The van der Waals surface area contributed by atoms with Gasteiger partial charge in [-0.25, -0.2) is 4.79 Å². The van der Waals surface area contributed by atoms with Crippen LogP contribution in [0.2, 0.25) is 0 Å². The van der Waals surface area contributed by atoms with Crippen molar-refractivity contribution >= 4 is 5.97 Å². The molecule has 0 aromatic rings. The Morgan fingerprint density at radius 1 is 1.29 bits per heavy atom. The van der Waals surface area contributed by atoms with Gasteiger partial charge in [0.25, 0.3) is 0 Å². The largest absolute Gasteiger partial charge is 0.479 e. The number of carboxylic acid groups (broad SMARTS) is 1. The van der Waals surface area contributed by atoms with E-state index in [0.717, 1.165) is 0 Å². The van der Waals surface area contributed by atoms with E-state index < -0.39 is 29.9 Å². The van der Waals surface area contributed by atoms with E-state index in [0.29, 0.717) is 0 Å². The molecule has 0 aromatic carbocycles. The van der Waals surface area contributed by atoms with Gasteiger partial charge >= 0.3 is 5.97 Å². The molecule has 82 valence electrons. The maximum absolute atomic E-state index is 10.9. The summed E-state index contributed by atoms with van der Waals surface area (Å²) in [7, 11) is 1.20. The first-order chi connectivity index (χ1) is 6.43. The van der Waals surface area contributed by atoms with Gasteiger partial charge in [0.1, 0.15) is 6.10 Å². The lowest BCUT2D eigenvalue weighted by molar-refractivity contribution is -0.193. The molecule has 4 N–H and O–H groups in total. The molecule has 0 bridgehead atoms. The Morgan fingerprint density at radius 2 is 1.71 bits per heavy atom. The first-order valence-corrected chi connectivity index (χ1v) is 4.25. The summed E-state index contributed by atoms with van der Waals surface area (Å²) in [4.78, 5) is 10.9. The van der Waals surface area contributed by atoms with E-state index in [1.807, 2.05) is 0 Å². The van der Waals surface area contributed by atoms with Crippen molar-refractivity contribution in [1.29, 1.82) is 0 Å². The molecule has 1 rings (SSSR count). The molecule has 6 heteroatoms. The van der Waals surface area contributed by atoms with E-state index >= 15 is 0 Å². The Bertz CT molecular complexity index is 216. The fraction of sp³-hybridized carbons (Fsp3) is 0.875.